The molecule has 1 aliphatic rings. The number of benzene rings is 2. The van der Waals surface area contributed by atoms with Crippen molar-refractivity contribution >= 4 is 17.8 Å². The molecule has 2 aromatic rings. The Balaban J connectivity index is 1.93. The van der Waals surface area contributed by atoms with E-state index in [2.05, 4.69) is 0 Å². The minimum Gasteiger partial charge on any atom is -0.493 e. The predicted octanol–water partition coefficient (Wildman–Crippen LogP) is 2.79. The zero-order chi connectivity index (χ0) is 20.3. The number of carboxylic acids is 1. The molecule has 28 heavy (non-hydrogen) atoms. The monoisotopic (exact) mass is 386 g/mol. The summed E-state index contributed by atoms with van der Waals surface area (Å²) in [7, 11) is 4.49. The highest BCUT2D eigenvalue weighted by Crippen LogP contribution is 2.42. The van der Waals surface area contributed by atoms with E-state index in [9.17, 15) is 9.59 Å². The largest absolute Gasteiger partial charge is 0.493 e. The highest BCUT2D eigenvalue weighted by atomic mass is 16.5. The first-order valence-corrected chi connectivity index (χ1v) is 8.20. The fourth-order valence-electron chi connectivity index (χ4n) is 2.78. The summed E-state index contributed by atoms with van der Waals surface area (Å²) in [5.41, 5.74) is 0.923. The zero-order valence-corrected chi connectivity index (χ0v) is 15.5. The van der Waals surface area contributed by atoms with Gasteiger partial charge in [0.1, 0.15) is 11.5 Å². The molecule has 8 heteroatoms. The lowest BCUT2D eigenvalue weighted by Gasteiger charge is -2.14. The molecule has 1 aliphatic heterocycles. The number of carbonyl (C=O) groups excluding carboxylic acids is 1. The van der Waals surface area contributed by atoms with Crippen LogP contribution in [0.15, 0.2) is 36.1 Å². The molecule has 0 saturated carbocycles. The van der Waals surface area contributed by atoms with Crippen molar-refractivity contribution in [2.24, 2.45) is 0 Å². The number of rotatable bonds is 7. The van der Waals surface area contributed by atoms with Crippen molar-refractivity contribution in [3.63, 3.8) is 0 Å². The molecule has 146 valence electrons. The van der Waals surface area contributed by atoms with E-state index in [1.807, 2.05) is 0 Å². The van der Waals surface area contributed by atoms with E-state index in [0.717, 1.165) is 0 Å². The third-order valence-electron chi connectivity index (χ3n) is 4.02. The van der Waals surface area contributed by atoms with E-state index in [1.54, 1.807) is 18.2 Å². The average Bonchev–Trinajstić information content (AvgIpc) is 3.00. The molecule has 0 amide bonds. The van der Waals surface area contributed by atoms with Gasteiger partial charge in [-0.25, -0.2) is 4.79 Å². The molecule has 1 heterocycles. The first-order chi connectivity index (χ1) is 13.5. The van der Waals surface area contributed by atoms with Gasteiger partial charge in [-0.1, -0.05) is 0 Å². The summed E-state index contributed by atoms with van der Waals surface area (Å²) in [5, 5.41) is 8.70. The molecule has 0 fully saturated rings. The van der Waals surface area contributed by atoms with Gasteiger partial charge in [-0.3, -0.25) is 4.79 Å². The molecule has 0 saturated heterocycles. The molecular weight excluding hydrogens is 368 g/mol. The van der Waals surface area contributed by atoms with Gasteiger partial charge in [0, 0.05) is 11.6 Å². The number of allylic oxidation sites excluding steroid dienone is 1. The van der Waals surface area contributed by atoms with Crippen molar-refractivity contribution in [2.45, 2.75) is 0 Å². The number of methoxy groups -OCH3 is 3. The van der Waals surface area contributed by atoms with E-state index < -0.39 is 12.6 Å². The summed E-state index contributed by atoms with van der Waals surface area (Å²) in [5.74, 6) is 0.547. The molecular formula is C20H18O8. The van der Waals surface area contributed by atoms with Gasteiger partial charge in [0.2, 0.25) is 11.5 Å². The molecule has 0 aromatic heterocycles. The number of Topliss-reactive ketones (excluding diaryl/α,β-unsaturated/α-hetero) is 1. The first-order valence-electron chi connectivity index (χ1n) is 8.20. The second kappa shape index (κ2) is 7.91. The molecule has 0 atom stereocenters. The van der Waals surface area contributed by atoms with Crippen LogP contribution >= 0.6 is 0 Å². The molecule has 0 unspecified atom stereocenters. The Kier molecular flexibility index (Phi) is 5.39. The van der Waals surface area contributed by atoms with Crippen LogP contribution in [0.4, 0.5) is 0 Å². The van der Waals surface area contributed by atoms with E-state index in [0.29, 0.717) is 39.9 Å². The summed E-state index contributed by atoms with van der Waals surface area (Å²) in [4.78, 5) is 23.3. The Bertz CT molecular complexity index is 961. The summed E-state index contributed by atoms with van der Waals surface area (Å²) < 4.78 is 26.8. The quantitative estimate of drug-likeness (QED) is 0.725. The van der Waals surface area contributed by atoms with Crippen molar-refractivity contribution in [1.29, 1.82) is 0 Å². The molecule has 0 bridgehead atoms. The minimum absolute atomic E-state index is 0.0934. The van der Waals surface area contributed by atoms with Gasteiger partial charge < -0.3 is 28.8 Å². The number of hydrogen-bond donors (Lipinski definition) is 1. The van der Waals surface area contributed by atoms with Crippen molar-refractivity contribution in [3.8, 4) is 28.7 Å². The maximum Gasteiger partial charge on any atom is 0.341 e. The Hall–Kier alpha value is -3.68. The highest BCUT2D eigenvalue weighted by Gasteiger charge is 2.28. The van der Waals surface area contributed by atoms with Crippen molar-refractivity contribution in [3.05, 3.63) is 47.2 Å². The summed E-state index contributed by atoms with van der Waals surface area (Å²) in [6.45, 7) is -0.488. The molecule has 0 spiro atoms. The number of hydrogen-bond acceptors (Lipinski definition) is 7. The highest BCUT2D eigenvalue weighted by molar-refractivity contribution is 6.14. The number of ether oxygens (including phenoxy) is 5. The average molecular weight is 386 g/mol. The predicted molar refractivity (Wildman–Crippen MR) is 98.6 cm³/mol. The summed E-state index contributed by atoms with van der Waals surface area (Å²) in [6.07, 6.45) is 1.54. The summed E-state index contributed by atoms with van der Waals surface area (Å²) in [6, 6.07) is 7.93. The zero-order valence-electron chi connectivity index (χ0n) is 15.5. The maximum absolute atomic E-state index is 12.6. The lowest BCUT2D eigenvalue weighted by molar-refractivity contribution is -0.139. The van der Waals surface area contributed by atoms with Crippen LogP contribution in [0, 0.1) is 0 Å². The van der Waals surface area contributed by atoms with Crippen molar-refractivity contribution < 1.29 is 38.4 Å². The fraction of sp³-hybridized carbons (Fsp3) is 0.200. The molecule has 1 N–H and O–H groups in total. The summed E-state index contributed by atoms with van der Waals surface area (Å²) >= 11 is 0. The molecule has 3 rings (SSSR count). The SMILES string of the molecule is COc1ccc(/C=C2\Oc3cc(OCC(=O)O)ccc3C2=O)c(OC)c1OC. The van der Waals surface area contributed by atoms with Crippen LogP contribution in [0.5, 0.6) is 28.7 Å². The number of aliphatic carboxylic acids is 1. The van der Waals surface area contributed by atoms with E-state index in [1.165, 1.54) is 39.5 Å². The van der Waals surface area contributed by atoms with Crippen LogP contribution < -0.4 is 23.7 Å². The smallest absolute Gasteiger partial charge is 0.341 e. The fourth-order valence-corrected chi connectivity index (χ4v) is 2.78. The van der Waals surface area contributed by atoms with E-state index in [4.69, 9.17) is 28.8 Å². The third-order valence-corrected chi connectivity index (χ3v) is 4.02. The first kappa shape index (κ1) is 19.1. The molecule has 0 radical (unpaired) electrons. The van der Waals surface area contributed by atoms with Crippen molar-refractivity contribution in [2.75, 3.05) is 27.9 Å². The Morgan fingerprint density at radius 2 is 1.82 bits per heavy atom. The second-order valence-electron chi connectivity index (χ2n) is 5.70. The van der Waals surface area contributed by atoms with Gasteiger partial charge in [0.25, 0.3) is 0 Å². The lowest BCUT2D eigenvalue weighted by atomic mass is 10.1. The minimum atomic E-state index is -1.10. The molecule has 2 aromatic carbocycles. The lowest BCUT2D eigenvalue weighted by Crippen LogP contribution is -2.09. The van der Waals surface area contributed by atoms with Crippen LogP contribution in [0.3, 0.4) is 0 Å². The second-order valence-corrected chi connectivity index (χ2v) is 5.70. The van der Waals surface area contributed by atoms with Crippen molar-refractivity contribution in [1.82, 2.24) is 0 Å². The van der Waals surface area contributed by atoms with Gasteiger partial charge in [-0.05, 0) is 30.3 Å². The maximum atomic E-state index is 12.6. The van der Waals surface area contributed by atoms with Crippen LogP contribution in [0.2, 0.25) is 0 Å². The third kappa shape index (κ3) is 3.57. The normalized spacial score (nSPS) is 13.7. The van der Waals surface area contributed by atoms with Gasteiger partial charge in [0.05, 0.1) is 26.9 Å². The Labute approximate surface area is 160 Å². The van der Waals surface area contributed by atoms with E-state index >= 15 is 0 Å². The van der Waals surface area contributed by atoms with Crippen LogP contribution in [-0.4, -0.2) is 44.8 Å². The van der Waals surface area contributed by atoms with E-state index in [-0.39, 0.29) is 11.5 Å². The van der Waals surface area contributed by atoms with Gasteiger partial charge >= 0.3 is 5.97 Å². The standard InChI is InChI=1S/C20H18O8/c1-24-14-7-4-11(19(25-2)20(14)26-3)8-16-18(23)13-6-5-12(9-15(13)28-16)27-10-17(21)22/h4-9H,10H2,1-3H3,(H,21,22)/b16-8-. The number of carboxylic acid groups (broad SMARTS) is 1. The number of ketones is 1. The van der Waals surface area contributed by atoms with Gasteiger partial charge in [-0.15, -0.1) is 0 Å². The van der Waals surface area contributed by atoms with Crippen LogP contribution in [0.1, 0.15) is 15.9 Å². The van der Waals surface area contributed by atoms with Gasteiger partial charge in [-0.2, -0.15) is 0 Å². The van der Waals surface area contributed by atoms with Crippen LogP contribution in [-0.2, 0) is 4.79 Å². The molecule has 0 aliphatic carbocycles. The topological polar surface area (TPSA) is 101 Å². The van der Waals surface area contributed by atoms with Gasteiger partial charge in [0.15, 0.2) is 23.9 Å². The number of carbonyl (C=O) groups is 2. The molecule has 8 nitrogen and oxygen atoms in total. The van der Waals surface area contributed by atoms with Crippen LogP contribution in [0.25, 0.3) is 6.08 Å². The Morgan fingerprint density at radius 1 is 1.07 bits per heavy atom. The Morgan fingerprint density at radius 3 is 2.46 bits per heavy atom. The number of fused-ring (bicyclic) bond motifs is 1.